The Kier molecular flexibility index (Phi) is 6.26. The molecule has 37 heavy (non-hydrogen) atoms. The summed E-state index contributed by atoms with van der Waals surface area (Å²) in [6.07, 6.45) is -0.584. The number of hydrogen-bond acceptors (Lipinski definition) is 7. The lowest BCUT2D eigenvalue weighted by molar-refractivity contribution is -0.141. The van der Waals surface area contributed by atoms with Crippen LogP contribution in [0, 0.1) is 11.6 Å². The molecular weight excluding hydrogens is 501 g/mol. The summed E-state index contributed by atoms with van der Waals surface area (Å²) in [5, 5.41) is 0. The van der Waals surface area contributed by atoms with Gasteiger partial charge in [0.1, 0.15) is 23.9 Å². The molecule has 2 aliphatic rings. The fourth-order valence-corrected chi connectivity index (χ4v) is 4.62. The molecule has 13 heteroatoms. The van der Waals surface area contributed by atoms with Crippen molar-refractivity contribution in [3.8, 4) is 17.4 Å². The second kappa shape index (κ2) is 9.29. The van der Waals surface area contributed by atoms with Crippen molar-refractivity contribution in [3.05, 3.63) is 69.9 Å². The van der Waals surface area contributed by atoms with Crippen molar-refractivity contribution in [1.82, 2.24) is 14.5 Å². The first-order valence-corrected chi connectivity index (χ1v) is 11.5. The van der Waals surface area contributed by atoms with Crippen molar-refractivity contribution >= 4 is 5.82 Å². The van der Waals surface area contributed by atoms with Gasteiger partial charge in [-0.05, 0) is 49.1 Å². The van der Waals surface area contributed by atoms with Gasteiger partial charge in [0.25, 0.3) is 0 Å². The average molecular weight is 523 g/mol. The zero-order valence-corrected chi connectivity index (χ0v) is 19.4. The molecule has 2 aromatic heterocycles. The van der Waals surface area contributed by atoms with Gasteiger partial charge in [-0.15, -0.1) is 0 Å². The number of nitrogens with zero attached hydrogens (tertiary/aromatic N) is 4. The van der Waals surface area contributed by atoms with Crippen LogP contribution < -0.4 is 25.8 Å². The van der Waals surface area contributed by atoms with Gasteiger partial charge in [0.15, 0.2) is 17.4 Å². The van der Waals surface area contributed by atoms with E-state index in [4.69, 9.17) is 15.2 Å². The Balaban J connectivity index is 1.32. The lowest BCUT2D eigenvalue weighted by atomic mass is 9.91. The van der Waals surface area contributed by atoms with Gasteiger partial charge in [-0.1, -0.05) is 0 Å². The Labute approximate surface area is 207 Å². The molecule has 0 amide bonds. The van der Waals surface area contributed by atoms with E-state index in [0.29, 0.717) is 31.4 Å². The molecule has 1 fully saturated rings. The highest BCUT2D eigenvalue weighted by molar-refractivity contribution is 5.47. The Morgan fingerprint density at radius 2 is 1.81 bits per heavy atom. The van der Waals surface area contributed by atoms with E-state index in [1.54, 1.807) is 6.07 Å². The summed E-state index contributed by atoms with van der Waals surface area (Å²) in [7, 11) is 0. The van der Waals surface area contributed by atoms with Crippen LogP contribution in [-0.4, -0.2) is 26.7 Å². The Hall–Kier alpha value is -3.74. The number of ether oxygens (including phenoxy) is 2. The van der Waals surface area contributed by atoms with Crippen molar-refractivity contribution in [3.63, 3.8) is 0 Å². The van der Waals surface area contributed by atoms with E-state index in [0.717, 1.165) is 43.7 Å². The fourth-order valence-electron chi connectivity index (χ4n) is 4.62. The van der Waals surface area contributed by atoms with Crippen LogP contribution in [0.4, 0.5) is 27.8 Å². The first-order chi connectivity index (χ1) is 17.5. The minimum absolute atomic E-state index is 0.0111. The third-order valence-electron chi connectivity index (χ3n) is 6.48. The van der Waals surface area contributed by atoms with E-state index in [9.17, 15) is 26.7 Å². The molecule has 1 atom stereocenters. The van der Waals surface area contributed by atoms with Crippen LogP contribution >= 0.6 is 0 Å². The van der Waals surface area contributed by atoms with Crippen molar-refractivity contribution in [2.45, 2.75) is 50.7 Å². The highest BCUT2D eigenvalue weighted by Gasteiger charge is 2.40. The van der Waals surface area contributed by atoms with Gasteiger partial charge in [-0.2, -0.15) is 18.2 Å². The number of aromatic nitrogens is 3. The summed E-state index contributed by atoms with van der Waals surface area (Å²) in [5.41, 5.74) is 4.43. The molecule has 1 aromatic carbocycles. The minimum Gasteiger partial charge on any atom is -0.473 e. The first-order valence-electron chi connectivity index (χ1n) is 11.5. The second-order valence-electron chi connectivity index (χ2n) is 9.01. The smallest absolute Gasteiger partial charge is 0.433 e. The number of nitrogens with two attached hydrogens (primary N) is 1. The van der Waals surface area contributed by atoms with Gasteiger partial charge in [0, 0.05) is 25.6 Å². The van der Waals surface area contributed by atoms with Crippen LogP contribution in [0.1, 0.15) is 36.9 Å². The third-order valence-corrected chi connectivity index (χ3v) is 6.48. The summed E-state index contributed by atoms with van der Waals surface area (Å²) in [5.74, 6) is -2.70. The molecule has 3 aromatic rings. The number of pyridine rings is 1. The summed E-state index contributed by atoms with van der Waals surface area (Å²) >= 11 is 0. The largest absolute Gasteiger partial charge is 0.473 e. The van der Waals surface area contributed by atoms with Gasteiger partial charge < -0.3 is 20.1 Å². The molecule has 1 saturated heterocycles. The van der Waals surface area contributed by atoms with Gasteiger partial charge in [0.05, 0.1) is 11.9 Å². The quantitative estimate of drug-likeness (QED) is 0.497. The van der Waals surface area contributed by atoms with E-state index >= 15 is 0 Å². The minimum atomic E-state index is -4.66. The average Bonchev–Trinajstić information content (AvgIpc) is 2.84. The van der Waals surface area contributed by atoms with E-state index in [-0.39, 0.29) is 23.8 Å². The zero-order valence-electron chi connectivity index (χ0n) is 19.4. The monoisotopic (exact) mass is 523 g/mol. The fraction of sp³-hybridized carbons (Fsp3) is 0.375. The number of halogens is 5. The Morgan fingerprint density at radius 3 is 2.49 bits per heavy atom. The zero-order chi connectivity index (χ0) is 26.4. The van der Waals surface area contributed by atoms with E-state index < -0.39 is 40.6 Å². The third kappa shape index (κ3) is 4.95. The maximum absolute atomic E-state index is 14.6. The maximum Gasteiger partial charge on any atom is 0.433 e. The topological polar surface area (TPSA) is 95.5 Å². The van der Waals surface area contributed by atoms with E-state index in [1.807, 2.05) is 4.90 Å². The number of fused-ring (bicyclic) bond motifs is 3. The van der Waals surface area contributed by atoms with Crippen LogP contribution in [-0.2, 0) is 19.3 Å². The van der Waals surface area contributed by atoms with Crippen LogP contribution in [0.15, 0.2) is 41.3 Å². The molecule has 2 N–H and O–H groups in total. The van der Waals surface area contributed by atoms with E-state index in [2.05, 4.69) is 9.97 Å². The van der Waals surface area contributed by atoms with Gasteiger partial charge in [-0.25, -0.2) is 18.6 Å². The molecule has 196 valence electrons. The number of piperidine rings is 1. The molecule has 0 unspecified atom stereocenters. The summed E-state index contributed by atoms with van der Waals surface area (Å²) in [4.78, 5) is 21.7. The van der Waals surface area contributed by atoms with Gasteiger partial charge in [-0.3, -0.25) is 4.57 Å². The maximum atomic E-state index is 14.6. The number of alkyl halides is 3. The number of rotatable bonds is 5. The van der Waals surface area contributed by atoms with Gasteiger partial charge in [0.2, 0.25) is 5.88 Å². The normalized spacial score (nSPS) is 19.2. The molecular formula is C24H22F5N5O3. The van der Waals surface area contributed by atoms with Crippen molar-refractivity contribution in [2.24, 2.45) is 5.73 Å². The molecule has 8 nitrogen and oxygen atoms in total. The molecule has 0 radical (unpaired) electrons. The first kappa shape index (κ1) is 24.9. The summed E-state index contributed by atoms with van der Waals surface area (Å²) in [6, 6.07) is 5.05. The number of hydrogen-bond donors (Lipinski definition) is 1. The Bertz CT molecular complexity index is 1360. The summed E-state index contributed by atoms with van der Waals surface area (Å²) in [6.45, 7) is 0.812. The van der Waals surface area contributed by atoms with Crippen molar-refractivity contribution < 1.29 is 31.4 Å². The van der Waals surface area contributed by atoms with Crippen LogP contribution in [0.2, 0.25) is 0 Å². The molecule has 0 saturated carbocycles. The number of anilines is 1. The highest BCUT2D eigenvalue weighted by atomic mass is 19.4. The van der Waals surface area contributed by atoms with Crippen LogP contribution in [0.5, 0.6) is 17.4 Å². The van der Waals surface area contributed by atoms with Gasteiger partial charge >= 0.3 is 11.9 Å². The lowest BCUT2D eigenvalue weighted by Crippen LogP contribution is -2.63. The van der Waals surface area contributed by atoms with Crippen molar-refractivity contribution in [2.75, 3.05) is 11.4 Å². The molecule has 2 aliphatic heterocycles. The number of benzene rings is 1. The SMILES string of the molecule is N[C@@]12CCCCN1c1cc(OCc3cc(F)c(Oc4ccc(C(F)(F)F)nc4)c(F)c3)nc(=O)n1CC2. The lowest BCUT2D eigenvalue weighted by Gasteiger charge is -2.49. The predicted molar refractivity (Wildman–Crippen MR) is 121 cm³/mol. The van der Waals surface area contributed by atoms with E-state index in [1.165, 1.54) is 4.57 Å². The standard InChI is InChI=1S/C24H22F5N5O3/c25-16-9-14(10-17(26)21(16)37-15-3-4-18(31-12-15)24(27,28)29)13-36-19-11-20-33(22(35)32-19)8-6-23(30)5-1-2-7-34(20)23/h3-4,9-12H,1-2,5-8,13,30H2/t23-/m0/s1. The second-order valence-corrected chi connectivity index (χ2v) is 9.01. The molecule has 0 spiro atoms. The van der Waals surface area contributed by atoms with Crippen molar-refractivity contribution in [1.29, 1.82) is 0 Å². The predicted octanol–water partition coefficient (Wildman–Crippen LogP) is 4.36. The van der Waals surface area contributed by atoms with Crippen LogP contribution in [0.3, 0.4) is 0 Å². The Morgan fingerprint density at radius 1 is 1.05 bits per heavy atom. The highest BCUT2D eigenvalue weighted by Crippen LogP contribution is 2.36. The van der Waals surface area contributed by atoms with Crippen LogP contribution in [0.25, 0.3) is 0 Å². The molecule has 4 heterocycles. The molecule has 0 bridgehead atoms. The molecule has 5 rings (SSSR count). The molecule has 0 aliphatic carbocycles. The summed E-state index contributed by atoms with van der Waals surface area (Å²) < 4.78 is 79.3.